The fourth-order valence-corrected chi connectivity index (χ4v) is 2.99. The molecule has 0 amide bonds. The Labute approximate surface area is 120 Å². The lowest BCUT2D eigenvalue weighted by Gasteiger charge is -2.02. The van der Waals surface area contributed by atoms with Gasteiger partial charge in [-0.05, 0) is 43.4 Å². The van der Waals surface area contributed by atoms with Crippen molar-refractivity contribution in [1.29, 1.82) is 0 Å². The van der Waals surface area contributed by atoms with E-state index >= 15 is 0 Å². The summed E-state index contributed by atoms with van der Waals surface area (Å²) in [7, 11) is 0. The number of benzene rings is 1. The third-order valence-electron chi connectivity index (χ3n) is 3.69. The van der Waals surface area contributed by atoms with E-state index in [1.165, 1.54) is 6.42 Å². The van der Waals surface area contributed by atoms with Crippen molar-refractivity contribution in [3.8, 4) is 17.2 Å². The lowest BCUT2D eigenvalue weighted by molar-refractivity contribution is 0.410. The van der Waals surface area contributed by atoms with Gasteiger partial charge in [-0.2, -0.15) is 4.98 Å². The Balaban J connectivity index is 1.90. The highest BCUT2D eigenvalue weighted by atomic mass is 79.9. The molecule has 0 aliphatic heterocycles. The molecule has 3 rings (SSSR count). The molecule has 1 aliphatic rings. The quantitative estimate of drug-likeness (QED) is 0.903. The van der Waals surface area contributed by atoms with Gasteiger partial charge in [-0.25, -0.2) is 0 Å². The van der Waals surface area contributed by atoms with Crippen LogP contribution in [-0.4, -0.2) is 15.2 Å². The molecule has 1 saturated carbocycles. The standard InChI is InChI=1S/C14H15BrN2O2/c1-8-2-3-9(6-8)13-16-14(19-17-13)11-7-10(15)4-5-12(11)18/h4-5,7-9,18H,2-3,6H2,1H3. The monoisotopic (exact) mass is 322 g/mol. The normalized spacial score (nSPS) is 22.8. The maximum absolute atomic E-state index is 9.86. The number of hydrogen-bond donors (Lipinski definition) is 1. The van der Waals surface area contributed by atoms with Crippen LogP contribution in [0.1, 0.15) is 37.9 Å². The number of phenols is 1. The molecular formula is C14H15BrN2O2. The van der Waals surface area contributed by atoms with Crippen molar-refractivity contribution < 1.29 is 9.63 Å². The molecule has 100 valence electrons. The number of nitrogens with zero attached hydrogens (tertiary/aromatic N) is 2. The predicted octanol–water partition coefficient (Wildman–Crippen LogP) is 4.11. The molecule has 2 unspecified atom stereocenters. The van der Waals surface area contributed by atoms with Crippen LogP contribution in [0.5, 0.6) is 5.75 Å². The summed E-state index contributed by atoms with van der Waals surface area (Å²) in [6.07, 6.45) is 3.45. The first-order valence-electron chi connectivity index (χ1n) is 6.46. The van der Waals surface area contributed by atoms with E-state index in [0.717, 1.165) is 29.1 Å². The molecule has 2 aromatic rings. The molecule has 1 N–H and O–H groups in total. The van der Waals surface area contributed by atoms with Crippen LogP contribution in [0.2, 0.25) is 0 Å². The lowest BCUT2D eigenvalue weighted by Crippen LogP contribution is -1.96. The number of rotatable bonds is 2. The fraction of sp³-hybridized carbons (Fsp3) is 0.429. The molecule has 0 radical (unpaired) electrons. The average Bonchev–Trinajstić information content (AvgIpc) is 3.00. The Morgan fingerprint density at radius 3 is 2.95 bits per heavy atom. The van der Waals surface area contributed by atoms with Gasteiger partial charge in [0, 0.05) is 10.4 Å². The average molecular weight is 323 g/mol. The number of hydrogen-bond acceptors (Lipinski definition) is 4. The third-order valence-corrected chi connectivity index (χ3v) is 4.18. The van der Waals surface area contributed by atoms with E-state index in [0.29, 0.717) is 17.4 Å². The lowest BCUT2D eigenvalue weighted by atomic mass is 10.1. The molecule has 1 aromatic carbocycles. The van der Waals surface area contributed by atoms with Crippen molar-refractivity contribution >= 4 is 15.9 Å². The summed E-state index contributed by atoms with van der Waals surface area (Å²) in [6.45, 7) is 2.25. The van der Waals surface area contributed by atoms with Gasteiger partial charge in [0.2, 0.25) is 0 Å². The van der Waals surface area contributed by atoms with Crippen LogP contribution in [0, 0.1) is 5.92 Å². The Morgan fingerprint density at radius 1 is 1.37 bits per heavy atom. The van der Waals surface area contributed by atoms with E-state index in [-0.39, 0.29) is 5.75 Å². The summed E-state index contributed by atoms with van der Waals surface area (Å²) in [5, 5.41) is 13.9. The highest BCUT2D eigenvalue weighted by molar-refractivity contribution is 9.10. The maximum atomic E-state index is 9.86. The summed E-state index contributed by atoms with van der Waals surface area (Å²) >= 11 is 3.37. The van der Waals surface area contributed by atoms with Gasteiger partial charge in [0.25, 0.3) is 5.89 Å². The zero-order valence-electron chi connectivity index (χ0n) is 10.6. The first-order chi connectivity index (χ1) is 9.13. The molecular weight excluding hydrogens is 308 g/mol. The highest BCUT2D eigenvalue weighted by Crippen LogP contribution is 2.38. The van der Waals surface area contributed by atoms with E-state index in [4.69, 9.17) is 4.52 Å². The van der Waals surface area contributed by atoms with Gasteiger partial charge >= 0.3 is 0 Å². The van der Waals surface area contributed by atoms with Crippen molar-refractivity contribution in [3.63, 3.8) is 0 Å². The van der Waals surface area contributed by atoms with Gasteiger partial charge in [0.1, 0.15) is 5.75 Å². The van der Waals surface area contributed by atoms with Gasteiger partial charge in [-0.1, -0.05) is 28.0 Å². The second-order valence-electron chi connectivity index (χ2n) is 5.23. The van der Waals surface area contributed by atoms with Gasteiger partial charge in [-0.15, -0.1) is 0 Å². The van der Waals surface area contributed by atoms with Crippen LogP contribution in [0.15, 0.2) is 27.2 Å². The second kappa shape index (κ2) is 4.96. The van der Waals surface area contributed by atoms with Gasteiger partial charge in [0.15, 0.2) is 5.82 Å². The molecule has 1 aliphatic carbocycles. The minimum absolute atomic E-state index is 0.151. The smallest absolute Gasteiger partial charge is 0.261 e. The first kappa shape index (κ1) is 12.7. The van der Waals surface area contributed by atoms with Gasteiger partial charge in [0.05, 0.1) is 5.56 Å². The number of phenolic OH excluding ortho intramolecular Hbond substituents is 1. The summed E-state index contributed by atoms with van der Waals surface area (Å²) in [4.78, 5) is 4.44. The van der Waals surface area contributed by atoms with Crippen molar-refractivity contribution in [2.45, 2.75) is 32.1 Å². The van der Waals surface area contributed by atoms with Crippen LogP contribution in [0.4, 0.5) is 0 Å². The van der Waals surface area contributed by atoms with E-state index in [2.05, 4.69) is 33.0 Å². The van der Waals surface area contributed by atoms with Crippen LogP contribution in [-0.2, 0) is 0 Å². The van der Waals surface area contributed by atoms with Gasteiger partial charge < -0.3 is 9.63 Å². The molecule has 1 fully saturated rings. The van der Waals surface area contributed by atoms with Crippen molar-refractivity contribution in [3.05, 3.63) is 28.5 Å². The zero-order valence-corrected chi connectivity index (χ0v) is 12.2. The first-order valence-corrected chi connectivity index (χ1v) is 7.25. The Kier molecular flexibility index (Phi) is 3.31. The molecule has 1 aromatic heterocycles. The van der Waals surface area contributed by atoms with Crippen LogP contribution >= 0.6 is 15.9 Å². The van der Waals surface area contributed by atoms with Crippen LogP contribution in [0.25, 0.3) is 11.5 Å². The van der Waals surface area contributed by atoms with Crippen molar-refractivity contribution in [2.24, 2.45) is 5.92 Å². The highest BCUT2D eigenvalue weighted by Gasteiger charge is 2.27. The van der Waals surface area contributed by atoms with E-state index in [1.807, 2.05) is 0 Å². The molecule has 0 saturated heterocycles. The number of aromatic nitrogens is 2. The number of halogens is 1. The molecule has 0 bridgehead atoms. The second-order valence-corrected chi connectivity index (χ2v) is 6.15. The molecule has 19 heavy (non-hydrogen) atoms. The summed E-state index contributed by atoms with van der Waals surface area (Å²) < 4.78 is 6.16. The largest absolute Gasteiger partial charge is 0.507 e. The van der Waals surface area contributed by atoms with Crippen molar-refractivity contribution in [2.75, 3.05) is 0 Å². The minimum atomic E-state index is 0.151. The Bertz CT molecular complexity index is 597. The summed E-state index contributed by atoms with van der Waals surface area (Å²) in [5.41, 5.74) is 0.569. The predicted molar refractivity (Wildman–Crippen MR) is 74.9 cm³/mol. The SMILES string of the molecule is CC1CCC(c2noc(-c3cc(Br)ccc3O)n2)C1. The van der Waals surface area contributed by atoms with Crippen molar-refractivity contribution in [1.82, 2.24) is 10.1 Å². The molecule has 1 heterocycles. The minimum Gasteiger partial charge on any atom is -0.507 e. The van der Waals surface area contributed by atoms with E-state index < -0.39 is 0 Å². The summed E-state index contributed by atoms with van der Waals surface area (Å²) in [6, 6.07) is 5.17. The van der Waals surface area contributed by atoms with Gasteiger partial charge in [-0.3, -0.25) is 0 Å². The van der Waals surface area contributed by atoms with E-state index in [1.54, 1.807) is 18.2 Å². The molecule has 4 nitrogen and oxygen atoms in total. The van der Waals surface area contributed by atoms with Crippen LogP contribution < -0.4 is 0 Å². The third kappa shape index (κ3) is 2.52. The molecule has 0 spiro atoms. The number of aromatic hydroxyl groups is 1. The zero-order chi connectivity index (χ0) is 13.4. The Hall–Kier alpha value is -1.36. The fourth-order valence-electron chi connectivity index (χ4n) is 2.63. The van der Waals surface area contributed by atoms with Crippen LogP contribution in [0.3, 0.4) is 0 Å². The molecule has 2 atom stereocenters. The summed E-state index contributed by atoms with van der Waals surface area (Å²) in [5.74, 6) is 2.42. The Morgan fingerprint density at radius 2 is 2.21 bits per heavy atom. The van der Waals surface area contributed by atoms with E-state index in [9.17, 15) is 5.11 Å². The topological polar surface area (TPSA) is 59.2 Å². The molecule has 5 heteroatoms. The maximum Gasteiger partial charge on any atom is 0.261 e.